The maximum Gasteiger partial charge on any atom is 0.305 e. The van der Waals surface area contributed by atoms with Crippen LogP contribution in [0.15, 0.2) is 48.5 Å². The van der Waals surface area contributed by atoms with Crippen LogP contribution in [0.1, 0.15) is 37.4 Å². The SMILES string of the molecule is COP(=O)(C#Cc1c(C(C)C)c2ccccc2n1-c1ccc(F)cc1)C[C@@H](O)CC(=O)O. The summed E-state index contributed by atoms with van der Waals surface area (Å²) in [7, 11) is -2.41. The van der Waals surface area contributed by atoms with Crippen molar-refractivity contribution in [3.8, 4) is 17.3 Å². The number of benzene rings is 2. The van der Waals surface area contributed by atoms with Gasteiger partial charge in [0.2, 0.25) is 0 Å². The quantitative estimate of drug-likeness (QED) is 0.387. The molecule has 1 heterocycles. The predicted molar refractivity (Wildman–Crippen MR) is 122 cm³/mol. The molecule has 2 atom stereocenters. The van der Waals surface area contributed by atoms with Crippen molar-refractivity contribution in [2.45, 2.75) is 32.3 Å². The molecule has 0 radical (unpaired) electrons. The number of nitrogens with zero attached hydrogens (tertiary/aromatic N) is 1. The van der Waals surface area contributed by atoms with E-state index in [1.54, 1.807) is 12.1 Å². The summed E-state index contributed by atoms with van der Waals surface area (Å²) in [6, 6.07) is 13.7. The minimum Gasteiger partial charge on any atom is -0.481 e. The fourth-order valence-corrected chi connectivity index (χ4v) is 4.97. The number of aliphatic hydroxyl groups is 1. The van der Waals surface area contributed by atoms with Crippen molar-refractivity contribution < 1.29 is 28.5 Å². The number of hydrogen-bond acceptors (Lipinski definition) is 4. The molecule has 0 aliphatic carbocycles. The minimum atomic E-state index is -3.64. The smallest absolute Gasteiger partial charge is 0.305 e. The number of carboxylic acid groups (broad SMARTS) is 1. The Morgan fingerprint density at radius 3 is 2.44 bits per heavy atom. The van der Waals surface area contributed by atoms with Crippen LogP contribution >= 0.6 is 7.37 Å². The monoisotopic (exact) mass is 457 g/mol. The summed E-state index contributed by atoms with van der Waals surface area (Å²) < 4.78 is 33.7. The lowest BCUT2D eigenvalue weighted by molar-refractivity contribution is -0.138. The maximum atomic E-state index is 13.6. The average molecular weight is 457 g/mol. The Hall–Kier alpha value is -2.91. The summed E-state index contributed by atoms with van der Waals surface area (Å²) in [5.41, 5.74) is 5.75. The molecular formula is C24H25FNO5P. The Kier molecular flexibility index (Phi) is 7.20. The molecule has 2 N–H and O–H groups in total. The summed E-state index contributed by atoms with van der Waals surface area (Å²) in [6.45, 7) is 4.04. The molecule has 8 heteroatoms. The van der Waals surface area contributed by atoms with E-state index in [-0.39, 0.29) is 11.7 Å². The number of hydrogen-bond donors (Lipinski definition) is 2. The second kappa shape index (κ2) is 9.70. The van der Waals surface area contributed by atoms with E-state index >= 15 is 0 Å². The number of rotatable bonds is 7. The third-order valence-electron chi connectivity index (χ3n) is 5.08. The molecule has 168 valence electrons. The number of aliphatic carboxylic acids is 1. The Morgan fingerprint density at radius 1 is 1.19 bits per heavy atom. The van der Waals surface area contributed by atoms with E-state index in [4.69, 9.17) is 9.63 Å². The molecule has 0 saturated heterocycles. The zero-order chi connectivity index (χ0) is 23.5. The van der Waals surface area contributed by atoms with Crippen LogP contribution in [0.25, 0.3) is 16.6 Å². The highest BCUT2D eigenvalue weighted by molar-refractivity contribution is 7.64. The highest BCUT2D eigenvalue weighted by Gasteiger charge is 2.26. The van der Waals surface area contributed by atoms with Crippen LogP contribution in [-0.4, -0.2) is 40.1 Å². The molecule has 0 saturated carbocycles. The van der Waals surface area contributed by atoms with Crippen molar-refractivity contribution in [3.05, 3.63) is 65.6 Å². The third-order valence-corrected chi connectivity index (χ3v) is 7.02. The van der Waals surface area contributed by atoms with E-state index in [9.17, 15) is 18.9 Å². The van der Waals surface area contributed by atoms with Crippen molar-refractivity contribution in [1.29, 1.82) is 0 Å². The van der Waals surface area contributed by atoms with Crippen LogP contribution < -0.4 is 0 Å². The molecule has 0 bridgehead atoms. The van der Waals surface area contributed by atoms with Crippen LogP contribution in [0.3, 0.4) is 0 Å². The van der Waals surface area contributed by atoms with E-state index < -0.39 is 32.0 Å². The van der Waals surface area contributed by atoms with Crippen LogP contribution in [0, 0.1) is 17.4 Å². The molecule has 3 aromatic rings. The Labute approximate surface area is 186 Å². The summed E-state index contributed by atoms with van der Waals surface area (Å²) in [4.78, 5) is 10.9. The van der Waals surface area contributed by atoms with Gasteiger partial charge in [0, 0.05) is 18.2 Å². The highest BCUT2D eigenvalue weighted by Crippen LogP contribution is 2.46. The zero-order valence-electron chi connectivity index (χ0n) is 18.1. The van der Waals surface area contributed by atoms with E-state index in [0.29, 0.717) is 11.4 Å². The van der Waals surface area contributed by atoms with E-state index in [1.807, 2.05) is 42.7 Å². The third kappa shape index (κ3) is 5.11. The number of aromatic nitrogens is 1. The molecule has 2 aromatic carbocycles. The normalized spacial score (nSPS) is 14.1. The number of carboxylic acids is 1. The summed E-state index contributed by atoms with van der Waals surface area (Å²) in [6.07, 6.45) is -2.29. The molecule has 32 heavy (non-hydrogen) atoms. The first kappa shape index (κ1) is 23.7. The van der Waals surface area contributed by atoms with Gasteiger partial charge in [-0.15, -0.1) is 0 Å². The van der Waals surface area contributed by atoms with Crippen molar-refractivity contribution in [2.24, 2.45) is 0 Å². The number of aliphatic hydroxyl groups excluding tert-OH is 1. The number of carbonyl (C=O) groups is 1. The van der Waals surface area contributed by atoms with Gasteiger partial charge in [0.15, 0.2) is 0 Å². The maximum absolute atomic E-state index is 13.6. The summed E-state index contributed by atoms with van der Waals surface area (Å²) >= 11 is 0. The Morgan fingerprint density at radius 2 is 1.84 bits per heavy atom. The fraction of sp³-hybridized carbons (Fsp3) is 0.292. The number of para-hydroxylation sites is 1. The van der Waals surface area contributed by atoms with Crippen molar-refractivity contribution >= 4 is 24.2 Å². The first-order chi connectivity index (χ1) is 15.1. The predicted octanol–water partition coefficient (Wildman–Crippen LogP) is 4.96. The summed E-state index contributed by atoms with van der Waals surface area (Å²) in [5.74, 6) is 1.50. The molecule has 0 fully saturated rings. The number of halogens is 1. The van der Waals surface area contributed by atoms with Gasteiger partial charge in [0.25, 0.3) is 7.37 Å². The summed E-state index contributed by atoms with van der Waals surface area (Å²) in [5, 5.41) is 19.8. The molecule has 3 rings (SSSR count). The zero-order valence-corrected chi connectivity index (χ0v) is 19.0. The van der Waals surface area contributed by atoms with Gasteiger partial charge in [-0.3, -0.25) is 9.36 Å². The molecule has 0 amide bonds. The van der Waals surface area contributed by atoms with E-state index in [2.05, 4.69) is 11.6 Å². The second-order valence-corrected chi connectivity index (χ2v) is 10.1. The molecule has 6 nitrogen and oxygen atoms in total. The second-order valence-electron chi connectivity index (χ2n) is 7.77. The largest absolute Gasteiger partial charge is 0.481 e. The lowest BCUT2D eigenvalue weighted by Gasteiger charge is -2.14. The van der Waals surface area contributed by atoms with Gasteiger partial charge in [-0.1, -0.05) is 32.0 Å². The van der Waals surface area contributed by atoms with E-state index in [1.165, 1.54) is 19.2 Å². The lowest BCUT2D eigenvalue weighted by atomic mass is 9.99. The van der Waals surface area contributed by atoms with Gasteiger partial charge in [0.05, 0.1) is 24.2 Å². The fourth-order valence-electron chi connectivity index (χ4n) is 3.68. The van der Waals surface area contributed by atoms with Crippen LogP contribution in [0.4, 0.5) is 4.39 Å². The van der Waals surface area contributed by atoms with Crippen molar-refractivity contribution in [3.63, 3.8) is 0 Å². The molecule has 1 unspecified atom stereocenters. The van der Waals surface area contributed by atoms with Gasteiger partial charge in [-0.2, -0.15) is 0 Å². The first-order valence-electron chi connectivity index (χ1n) is 10.1. The molecule has 0 aliphatic heterocycles. The number of fused-ring (bicyclic) bond motifs is 1. The molecule has 0 spiro atoms. The first-order valence-corrected chi connectivity index (χ1v) is 11.9. The lowest BCUT2D eigenvalue weighted by Crippen LogP contribution is -2.17. The van der Waals surface area contributed by atoms with Gasteiger partial charge in [-0.25, -0.2) is 4.39 Å². The highest BCUT2D eigenvalue weighted by atomic mass is 31.2. The van der Waals surface area contributed by atoms with Gasteiger partial charge >= 0.3 is 5.97 Å². The van der Waals surface area contributed by atoms with Crippen molar-refractivity contribution in [2.75, 3.05) is 13.3 Å². The van der Waals surface area contributed by atoms with Crippen LogP contribution in [0.2, 0.25) is 0 Å². The standard InChI is InChI=1S/C24H25FNO5P/c1-16(2)24-20-6-4-5-7-21(20)26(18-10-8-17(25)9-11-18)22(24)12-13-32(30,31-3)15-19(27)14-23(28)29/h4-11,16,19,27H,14-15H2,1-3H3,(H,28,29)/t19-,32?/m0/s1. The van der Waals surface area contributed by atoms with E-state index in [0.717, 1.165) is 16.5 Å². The molecule has 1 aromatic heterocycles. The van der Waals surface area contributed by atoms with Crippen LogP contribution in [-0.2, 0) is 13.9 Å². The van der Waals surface area contributed by atoms with Crippen LogP contribution in [0.5, 0.6) is 0 Å². The topological polar surface area (TPSA) is 88.8 Å². The van der Waals surface area contributed by atoms with Gasteiger partial charge < -0.3 is 19.3 Å². The van der Waals surface area contributed by atoms with Gasteiger partial charge in [0.1, 0.15) is 11.5 Å². The van der Waals surface area contributed by atoms with Crippen molar-refractivity contribution in [1.82, 2.24) is 4.57 Å². The Balaban J connectivity index is 2.21. The molecule has 0 aliphatic rings. The Bertz CT molecular complexity index is 1240. The average Bonchev–Trinajstić information content (AvgIpc) is 3.06. The minimum absolute atomic E-state index is 0.0745. The molecular weight excluding hydrogens is 432 g/mol. The van der Waals surface area contributed by atoms with Gasteiger partial charge in [-0.05, 0) is 53.4 Å².